The van der Waals surface area contributed by atoms with Gasteiger partial charge in [-0.1, -0.05) is 24.3 Å². The number of imidazole rings is 1. The van der Waals surface area contributed by atoms with Crippen LogP contribution in [0.15, 0.2) is 91.5 Å². The van der Waals surface area contributed by atoms with E-state index < -0.39 is 10.0 Å². The number of carbonyl (C=O) groups excluding carboxylic acids is 1. The fourth-order valence-corrected chi connectivity index (χ4v) is 4.31. The largest absolute Gasteiger partial charge is 0.348 e. The zero-order chi connectivity index (χ0) is 24.1. The lowest BCUT2D eigenvalue weighted by Crippen LogP contribution is -2.29. The van der Waals surface area contributed by atoms with Crippen LogP contribution in [0, 0.1) is 5.82 Å². The molecule has 174 valence electrons. The van der Waals surface area contributed by atoms with Crippen molar-refractivity contribution < 1.29 is 17.6 Å². The molecule has 0 unspecified atom stereocenters. The van der Waals surface area contributed by atoms with Gasteiger partial charge in [-0.25, -0.2) is 17.8 Å². The molecule has 1 heterocycles. The van der Waals surface area contributed by atoms with Crippen LogP contribution in [0.5, 0.6) is 0 Å². The molecule has 3 aromatic carbocycles. The third kappa shape index (κ3) is 5.68. The van der Waals surface area contributed by atoms with Crippen molar-refractivity contribution >= 4 is 21.6 Å². The summed E-state index contributed by atoms with van der Waals surface area (Å²) in [6, 6.07) is 19.7. The maximum atomic E-state index is 13.2. The molecule has 34 heavy (non-hydrogen) atoms. The number of amides is 1. The maximum Gasteiger partial charge on any atom is 0.251 e. The summed E-state index contributed by atoms with van der Waals surface area (Å²) >= 11 is 0. The van der Waals surface area contributed by atoms with Gasteiger partial charge < -0.3 is 9.88 Å². The zero-order valence-corrected chi connectivity index (χ0v) is 19.2. The van der Waals surface area contributed by atoms with Gasteiger partial charge in [0.25, 0.3) is 5.91 Å². The van der Waals surface area contributed by atoms with Crippen LogP contribution in [0.1, 0.15) is 21.5 Å². The van der Waals surface area contributed by atoms with Crippen LogP contribution < -0.4 is 9.62 Å². The highest BCUT2D eigenvalue weighted by atomic mass is 32.2. The van der Waals surface area contributed by atoms with Gasteiger partial charge >= 0.3 is 0 Å². The summed E-state index contributed by atoms with van der Waals surface area (Å²) in [5.41, 5.74) is 3.39. The van der Waals surface area contributed by atoms with Crippen LogP contribution in [-0.4, -0.2) is 30.1 Å². The van der Waals surface area contributed by atoms with E-state index in [1.807, 2.05) is 35.0 Å². The molecule has 0 aliphatic carbocycles. The van der Waals surface area contributed by atoms with Crippen LogP contribution in [0.25, 0.3) is 5.69 Å². The Bertz CT molecular complexity index is 1350. The topological polar surface area (TPSA) is 84.3 Å². The SMILES string of the molecule is CS(=O)(=O)N(Cc1ccc(F)cc1)c1ccc(C(=O)NCc2ccc(-n3ccnc3)cc2)cc1. The molecule has 0 saturated carbocycles. The first kappa shape index (κ1) is 23.2. The van der Waals surface area contributed by atoms with Gasteiger partial charge in [-0.05, 0) is 59.7 Å². The summed E-state index contributed by atoms with van der Waals surface area (Å²) in [5, 5.41) is 2.87. The van der Waals surface area contributed by atoms with Crippen LogP contribution >= 0.6 is 0 Å². The van der Waals surface area contributed by atoms with Crippen molar-refractivity contribution in [1.82, 2.24) is 14.9 Å². The van der Waals surface area contributed by atoms with E-state index in [0.717, 1.165) is 17.5 Å². The first-order valence-corrected chi connectivity index (χ1v) is 12.3. The number of hydrogen-bond donors (Lipinski definition) is 1. The minimum Gasteiger partial charge on any atom is -0.348 e. The molecule has 7 nitrogen and oxygen atoms in total. The fourth-order valence-electron chi connectivity index (χ4n) is 3.42. The van der Waals surface area contributed by atoms with E-state index >= 15 is 0 Å². The van der Waals surface area contributed by atoms with Crippen molar-refractivity contribution in [3.8, 4) is 5.69 Å². The molecule has 4 rings (SSSR count). The van der Waals surface area contributed by atoms with Crippen molar-refractivity contribution in [2.45, 2.75) is 13.1 Å². The molecule has 0 atom stereocenters. The highest BCUT2D eigenvalue weighted by molar-refractivity contribution is 7.92. The van der Waals surface area contributed by atoms with Gasteiger partial charge in [0.15, 0.2) is 0 Å². The Morgan fingerprint density at radius 1 is 0.971 bits per heavy atom. The summed E-state index contributed by atoms with van der Waals surface area (Å²) in [6.07, 6.45) is 6.38. The van der Waals surface area contributed by atoms with Crippen LogP contribution in [-0.2, 0) is 23.1 Å². The molecule has 1 amide bonds. The van der Waals surface area contributed by atoms with Crippen molar-refractivity contribution in [2.75, 3.05) is 10.6 Å². The Morgan fingerprint density at radius 3 is 2.21 bits per heavy atom. The van der Waals surface area contributed by atoms with Gasteiger partial charge in [0.05, 0.1) is 24.8 Å². The lowest BCUT2D eigenvalue weighted by atomic mass is 10.1. The van der Waals surface area contributed by atoms with Crippen molar-refractivity contribution in [3.05, 3.63) is 114 Å². The first-order chi connectivity index (χ1) is 16.3. The molecule has 0 bridgehead atoms. The lowest BCUT2D eigenvalue weighted by molar-refractivity contribution is 0.0951. The number of hydrogen-bond acceptors (Lipinski definition) is 4. The molecule has 0 saturated heterocycles. The second kappa shape index (κ2) is 9.88. The molecule has 0 spiro atoms. The van der Waals surface area contributed by atoms with Crippen LogP contribution in [0.2, 0.25) is 0 Å². The quantitative estimate of drug-likeness (QED) is 0.416. The van der Waals surface area contributed by atoms with Crippen molar-refractivity contribution in [2.24, 2.45) is 0 Å². The first-order valence-electron chi connectivity index (χ1n) is 10.5. The normalized spacial score (nSPS) is 11.2. The molecule has 9 heteroatoms. The summed E-state index contributed by atoms with van der Waals surface area (Å²) in [4.78, 5) is 16.6. The Morgan fingerprint density at radius 2 is 1.62 bits per heavy atom. The third-order valence-corrected chi connectivity index (χ3v) is 6.39. The molecule has 4 aromatic rings. The van der Waals surface area contributed by atoms with E-state index in [2.05, 4.69) is 10.3 Å². The van der Waals surface area contributed by atoms with E-state index in [4.69, 9.17) is 0 Å². The number of benzene rings is 3. The van der Waals surface area contributed by atoms with Gasteiger partial charge in [0.2, 0.25) is 10.0 Å². The van der Waals surface area contributed by atoms with Crippen molar-refractivity contribution in [1.29, 1.82) is 0 Å². The highest BCUT2D eigenvalue weighted by Gasteiger charge is 2.18. The van der Waals surface area contributed by atoms with Crippen LogP contribution in [0.3, 0.4) is 0 Å². The smallest absolute Gasteiger partial charge is 0.251 e. The lowest BCUT2D eigenvalue weighted by Gasteiger charge is -2.22. The number of anilines is 1. The van der Waals surface area contributed by atoms with Gasteiger partial charge in [-0.2, -0.15) is 0 Å². The summed E-state index contributed by atoms with van der Waals surface area (Å²) in [5.74, 6) is -0.658. The molecule has 0 fully saturated rings. The molecule has 0 aliphatic rings. The fraction of sp³-hybridized carbons (Fsp3) is 0.120. The predicted molar refractivity (Wildman–Crippen MR) is 129 cm³/mol. The Hall–Kier alpha value is -3.98. The minimum atomic E-state index is -3.59. The molecule has 0 radical (unpaired) electrons. The summed E-state index contributed by atoms with van der Waals surface area (Å²) < 4.78 is 41.0. The zero-order valence-electron chi connectivity index (χ0n) is 18.4. The highest BCUT2D eigenvalue weighted by Crippen LogP contribution is 2.21. The van der Waals surface area contributed by atoms with Gasteiger partial charge in [0.1, 0.15) is 5.82 Å². The predicted octanol–water partition coefficient (Wildman–Crippen LogP) is 3.91. The van der Waals surface area contributed by atoms with E-state index in [0.29, 0.717) is 23.4 Å². The number of nitrogens with zero attached hydrogens (tertiary/aromatic N) is 3. The molecule has 1 N–H and O–H groups in total. The molecular weight excluding hydrogens is 455 g/mol. The molecular formula is C25H23FN4O3S. The number of rotatable bonds is 8. The van der Waals surface area contributed by atoms with Gasteiger partial charge in [-0.15, -0.1) is 0 Å². The van der Waals surface area contributed by atoms with E-state index in [-0.39, 0.29) is 18.3 Å². The number of halogens is 1. The number of sulfonamides is 1. The van der Waals surface area contributed by atoms with E-state index in [1.165, 1.54) is 28.6 Å². The van der Waals surface area contributed by atoms with E-state index in [1.54, 1.807) is 36.8 Å². The van der Waals surface area contributed by atoms with Gasteiger partial charge in [-0.3, -0.25) is 9.10 Å². The monoisotopic (exact) mass is 478 g/mol. The van der Waals surface area contributed by atoms with Crippen LogP contribution in [0.4, 0.5) is 10.1 Å². The molecule has 1 aromatic heterocycles. The average molecular weight is 479 g/mol. The number of aromatic nitrogens is 2. The minimum absolute atomic E-state index is 0.0553. The Labute approximate surface area is 197 Å². The summed E-state index contributed by atoms with van der Waals surface area (Å²) in [7, 11) is -3.59. The van der Waals surface area contributed by atoms with Crippen molar-refractivity contribution in [3.63, 3.8) is 0 Å². The standard InChI is InChI=1S/C25H23FN4O3S/c1-34(32,33)30(17-20-2-8-22(26)9-3-20)24-12-6-21(7-13-24)25(31)28-16-19-4-10-23(11-5-19)29-15-14-27-18-29/h2-15,18H,16-17H2,1H3,(H,28,31). The molecule has 0 aliphatic heterocycles. The Balaban J connectivity index is 1.41. The Kier molecular flexibility index (Phi) is 6.74. The second-order valence-corrected chi connectivity index (χ2v) is 9.67. The summed E-state index contributed by atoms with van der Waals surface area (Å²) in [6.45, 7) is 0.407. The van der Waals surface area contributed by atoms with E-state index in [9.17, 15) is 17.6 Å². The number of carbonyl (C=O) groups is 1. The second-order valence-electron chi connectivity index (χ2n) is 7.76. The maximum absolute atomic E-state index is 13.2. The third-order valence-electron chi connectivity index (χ3n) is 5.25. The average Bonchev–Trinajstić information content (AvgIpc) is 3.37. The number of nitrogens with one attached hydrogen (secondary N) is 1. The van der Waals surface area contributed by atoms with Gasteiger partial charge in [0, 0.05) is 30.2 Å².